The van der Waals surface area contributed by atoms with Crippen LogP contribution < -0.4 is 10.1 Å². The van der Waals surface area contributed by atoms with Crippen molar-refractivity contribution in [2.24, 2.45) is 0 Å². The Balaban J connectivity index is 0.00000192. The highest BCUT2D eigenvalue weighted by Crippen LogP contribution is 2.34. The second kappa shape index (κ2) is 6.49. The highest BCUT2D eigenvalue weighted by molar-refractivity contribution is 5.79. The number of aryl methyl sites for hydroxylation is 2. The highest BCUT2D eigenvalue weighted by Gasteiger charge is 2.25. The third-order valence-corrected chi connectivity index (χ3v) is 5.26. The smallest absolute Gasteiger partial charge is 0.257 e. The number of fused-ring (bicyclic) bond motifs is 2. The van der Waals surface area contributed by atoms with E-state index < -0.39 is 0 Å². The zero-order valence-corrected chi connectivity index (χ0v) is 15.6. The summed E-state index contributed by atoms with van der Waals surface area (Å²) < 4.78 is 15.6. The summed E-state index contributed by atoms with van der Waals surface area (Å²) in [5.41, 5.74) is 3.62. The summed E-state index contributed by atoms with van der Waals surface area (Å²) >= 11 is 0. The molecule has 2 aliphatic heterocycles. The SMILES string of the molecule is Cc1nn2c3nc(ncc13)Nc1c(nn([C@@H]3CCCOC3)c1C)OCCC2.[HH]. The van der Waals surface area contributed by atoms with E-state index in [2.05, 4.69) is 15.4 Å². The van der Waals surface area contributed by atoms with Crippen molar-refractivity contribution in [2.45, 2.75) is 45.7 Å². The van der Waals surface area contributed by atoms with Crippen LogP contribution in [-0.2, 0) is 11.3 Å². The molecule has 144 valence electrons. The molecule has 3 aromatic rings. The van der Waals surface area contributed by atoms with E-state index in [4.69, 9.17) is 19.6 Å². The molecule has 9 heteroatoms. The number of ether oxygens (including phenoxy) is 2. The monoisotopic (exact) mass is 371 g/mol. The molecule has 1 fully saturated rings. The lowest BCUT2D eigenvalue weighted by atomic mass is 10.1. The maximum Gasteiger partial charge on any atom is 0.257 e. The van der Waals surface area contributed by atoms with E-state index >= 15 is 0 Å². The van der Waals surface area contributed by atoms with Crippen LogP contribution in [0.3, 0.4) is 0 Å². The van der Waals surface area contributed by atoms with Crippen LogP contribution >= 0.6 is 0 Å². The first-order valence-corrected chi connectivity index (χ1v) is 9.47. The lowest BCUT2D eigenvalue weighted by Gasteiger charge is -2.23. The zero-order chi connectivity index (χ0) is 18.4. The van der Waals surface area contributed by atoms with Crippen LogP contribution in [-0.4, -0.2) is 49.3 Å². The summed E-state index contributed by atoms with van der Waals surface area (Å²) in [7, 11) is 0. The van der Waals surface area contributed by atoms with E-state index in [1.165, 1.54) is 0 Å². The van der Waals surface area contributed by atoms with Gasteiger partial charge in [0.1, 0.15) is 5.69 Å². The quantitative estimate of drug-likeness (QED) is 0.703. The number of anilines is 2. The number of nitrogens with one attached hydrogen (secondary N) is 1. The Hall–Kier alpha value is -2.68. The Labute approximate surface area is 158 Å². The summed E-state index contributed by atoms with van der Waals surface area (Å²) in [6.45, 7) is 6.84. The summed E-state index contributed by atoms with van der Waals surface area (Å²) in [4.78, 5) is 9.18. The van der Waals surface area contributed by atoms with E-state index in [0.29, 0.717) is 25.0 Å². The molecule has 1 N–H and O–H groups in total. The minimum atomic E-state index is 0. The fraction of sp³-hybridized carbons (Fsp3) is 0.556. The van der Waals surface area contributed by atoms with Crippen molar-refractivity contribution >= 4 is 22.7 Å². The standard InChI is InChI=1S/C18H23N7O2.H2/c1-11-14-9-19-18-20-15-12(2)25(13-5-3-7-26-10-13)23-17(15)27-8-4-6-24(22-11)16(14)21-18;/h9,13H,3-8,10H2,1-2H3,(H,19,20,21);1H/t13-;/m1./s1. The molecule has 27 heavy (non-hydrogen) atoms. The number of rotatable bonds is 1. The first-order valence-electron chi connectivity index (χ1n) is 9.47. The van der Waals surface area contributed by atoms with Gasteiger partial charge in [0, 0.05) is 27.2 Å². The molecule has 3 aromatic heterocycles. The van der Waals surface area contributed by atoms with Gasteiger partial charge in [0.05, 0.1) is 36.0 Å². The van der Waals surface area contributed by atoms with E-state index in [9.17, 15) is 0 Å². The normalized spacial score (nSPS) is 20.0. The molecule has 2 aliphatic rings. The molecule has 1 atom stereocenters. The van der Waals surface area contributed by atoms with Crippen LogP contribution in [0, 0.1) is 13.8 Å². The molecule has 0 radical (unpaired) electrons. The van der Waals surface area contributed by atoms with Crippen molar-refractivity contribution in [3.8, 4) is 5.88 Å². The van der Waals surface area contributed by atoms with Crippen LogP contribution in [0.15, 0.2) is 6.20 Å². The van der Waals surface area contributed by atoms with Crippen molar-refractivity contribution < 1.29 is 10.9 Å². The van der Waals surface area contributed by atoms with Gasteiger partial charge in [-0.1, -0.05) is 0 Å². The molecule has 1 saturated heterocycles. The van der Waals surface area contributed by atoms with Gasteiger partial charge in [0.25, 0.3) is 5.88 Å². The Morgan fingerprint density at radius 1 is 1.22 bits per heavy atom. The molecule has 0 aromatic carbocycles. The van der Waals surface area contributed by atoms with Crippen molar-refractivity contribution in [1.82, 2.24) is 29.5 Å². The topological polar surface area (TPSA) is 91.9 Å². The Bertz CT molecular complexity index is 994. The molecular formula is C18H25N7O2. The fourth-order valence-corrected chi connectivity index (χ4v) is 3.83. The molecule has 0 aliphatic carbocycles. The summed E-state index contributed by atoms with van der Waals surface area (Å²) in [6.07, 6.45) is 4.76. The van der Waals surface area contributed by atoms with Crippen LogP contribution in [0.5, 0.6) is 5.88 Å². The maximum absolute atomic E-state index is 6.02. The van der Waals surface area contributed by atoms with Gasteiger partial charge in [-0.25, -0.2) is 9.67 Å². The first kappa shape index (κ1) is 16.5. The summed E-state index contributed by atoms with van der Waals surface area (Å²) in [5.74, 6) is 1.12. The Morgan fingerprint density at radius 3 is 3.00 bits per heavy atom. The van der Waals surface area contributed by atoms with Crippen molar-refractivity contribution in [2.75, 3.05) is 25.1 Å². The van der Waals surface area contributed by atoms with Crippen LogP contribution in [0.25, 0.3) is 11.0 Å². The predicted octanol–water partition coefficient (Wildman–Crippen LogP) is 2.76. The van der Waals surface area contributed by atoms with Crippen molar-refractivity contribution in [3.05, 3.63) is 17.6 Å². The number of hydrogen-bond donors (Lipinski definition) is 1. The first-order chi connectivity index (χ1) is 13.2. The lowest BCUT2D eigenvalue weighted by molar-refractivity contribution is 0.0537. The molecule has 5 rings (SSSR count). The van der Waals surface area contributed by atoms with Crippen molar-refractivity contribution in [3.63, 3.8) is 0 Å². The van der Waals surface area contributed by atoms with Crippen molar-refractivity contribution in [1.29, 1.82) is 0 Å². The maximum atomic E-state index is 6.02. The summed E-state index contributed by atoms with van der Waals surface area (Å²) in [5, 5.41) is 13.6. The summed E-state index contributed by atoms with van der Waals surface area (Å²) in [6, 6.07) is 0.233. The van der Waals surface area contributed by atoms with Gasteiger partial charge in [-0.3, -0.25) is 4.68 Å². The number of aromatic nitrogens is 6. The number of hydrogen-bond acceptors (Lipinski definition) is 7. The van der Waals surface area contributed by atoms with E-state index in [-0.39, 0.29) is 7.47 Å². The molecule has 5 heterocycles. The Kier molecular flexibility index (Phi) is 3.96. The van der Waals surface area contributed by atoms with Crippen LogP contribution in [0.4, 0.5) is 11.6 Å². The second-order valence-electron chi connectivity index (χ2n) is 7.15. The molecule has 0 spiro atoms. The minimum Gasteiger partial charge on any atom is -0.475 e. The van der Waals surface area contributed by atoms with Gasteiger partial charge in [-0.05, 0) is 26.7 Å². The third kappa shape index (κ3) is 2.82. The van der Waals surface area contributed by atoms with Gasteiger partial charge < -0.3 is 14.8 Å². The predicted molar refractivity (Wildman–Crippen MR) is 102 cm³/mol. The van der Waals surface area contributed by atoms with Crippen LogP contribution in [0.2, 0.25) is 0 Å². The molecule has 0 saturated carbocycles. The van der Waals surface area contributed by atoms with E-state index in [0.717, 1.165) is 60.5 Å². The molecule has 2 bridgehead atoms. The fourth-order valence-electron chi connectivity index (χ4n) is 3.83. The minimum absolute atomic E-state index is 0. The molecular weight excluding hydrogens is 346 g/mol. The van der Waals surface area contributed by atoms with Gasteiger partial charge in [0.15, 0.2) is 5.65 Å². The molecule has 0 unspecified atom stereocenters. The zero-order valence-electron chi connectivity index (χ0n) is 15.6. The third-order valence-electron chi connectivity index (χ3n) is 5.26. The largest absolute Gasteiger partial charge is 0.475 e. The van der Waals surface area contributed by atoms with E-state index in [1.807, 2.05) is 29.4 Å². The average Bonchev–Trinajstić information content (AvgIpc) is 3.16. The highest BCUT2D eigenvalue weighted by atomic mass is 16.5. The Morgan fingerprint density at radius 2 is 2.15 bits per heavy atom. The lowest BCUT2D eigenvalue weighted by Crippen LogP contribution is -2.23. The average molecular weight is 371 g/mol. The van der Waals surface area contributed by atoms with Crippen LogP contribution in [0.1, 0.15) is 38.1 Å². The molecule has 0 amide bonds. The van der Waals surface area contributed by atoms with Gasteiger partial charge in [0.2, 0.25) is 5.95 Å². The molecule has 9 nitrogen and oxygen atoms in total. The van der Waals surface area contributed by atoms with Gasteiger partial charge >= 0.3 is 0 Å². The van der Waals surface area contributed by atoms with Gasteiger partial charge in [-0.2, -0.15) is 10.1 Å². The second-order valence-corrected chi connectivity index (χ2v) is 7.15. The van der Waals surface area contributed by atoms with E-state index in [1.54, 1.807) is 0 Å². The number of nitrogens with zero attached hydrogens (tertiary/aromatic N) is 6. The van der Waals surface area contributed by atoms with Gasteiger partial charge in [-0.15, -0.1) is 5.10 Å².